The van der Waals surface area contributed by atoms with Gasteiger partial charge in [-0.3, -0.25) is 4.79 Å². The summed E-state index contributed by atoms with van der Waals surface area (Å²) in [5.74, 6) is -1.35. The van der Waals surface area contributed by atoms with Crippen LogP contribution >= 0.6 is 0 Å². The highest BCUT2D eigenvalue weighted by atomic mass is 19.1. The zero-order chi connectivity index (χ0) is 15.2. The number of carbonyl (C=O) groups excluding carboxylic acids is 1. The molecule has 2 aromatic carbocycles. The van der Waals surface area contributed by atoms with E-state index in [1.807, 2.05) is 18.2 Å². The SMILES string of the molecule is COc1ccccc1CCC(=O)Nc1c(F)cccc1F. The van der Waals surface area contributed by atoms with Crippen molar-refractivity contribution in [2.24, 2.45) is 0 Å². The largest absolute Gasteiger partial charge is 0.496 e. The maximum atomic E-state index is 13.4. The van der Waals surface area contributed by atoms with Crippen LogP contribution in [-0.2, 0) is 11.2 Å². The van der Waals surface area contributed by atoms with E-state index in [1.165, 1.54) is 6.07 Å². The number of methoxy groups -OCH3 is 1. The Hall–Kier alpha value is -2.43. The second kappa shape index (κ2) is 6.83. The summed E-state index contributed by atoms with van der Waals surface area (Å²) in [4.78, 5) is 11.8. The van der Waals surface area contributed by atoms with Crippen molar-refractivity contribution in [3.8, 4) is 5.75 Å². The minimum atomic E-state index is -0.791. The molecule has 0 fully saturated rings. The van der Waals surface area contributed by atoms with E-state index in [1.54, 1.807) is 13.2 Å². The highest BCUT2D eigenvalue weighted by molar-refractivity contribution is 5.91. The molecule has 5 heteroatoms. The number of hydrogen-bond acceptors (Lipinski definition) is 2. The van der Waals surface area contributed by atoms with E-state index in [-0.39, 0.29) is 6.42 Å². The number of rotatable bonds is 5. The summed E-state index contributed by atoms with van der Waals surface area (Å²) in [6, 6.07) is 10.7. The van der Waals surface area contributed by atoms with Crippen molar-refractivity contribution in [2.45, 2.75) is 12.8 Å². The lowest BCUT2D eigenvalue weighted by Crippen LogP contribution is -2.14. The van der Waals surface area contributed by atoms with Gasteiger partial charge in [0.25, 0.3) is 0 Å². The molecule has 0 aliphatic carbocycles. The fourth-order valence-electron chi connectivity index (χ4n) is 1.98. The van der Waals surface area contributed by atoms with E-state index in [0.717, 1.165) is 17.7 Å². The van der Waals surface area contributed by atoms with Crippen molar-refractivity contribution >= 4 is 11.6 Å². The van der Waals surface area contributed by atoms with Crippen LogP contribution in [0.1, 0.15) is 12.0 Å². The molecule has 0 aliphatic rings. The number of ether oxygens (including phenoxy) is 1. The Morgan fingerprint density at radius 1 is 1.10 bits per heavy atom. The third-order valence-corrected chi connectivity index (χ3v) is 3.04. The minimum Gasteiger partial charge on any atom is -0.496 e. The third-order valence-electron chi connectivity index (χ3n) is 3.04. The van der Waals surface area contributed by atoms with Crippen LogP contribution < -0.4 is 10.1 Å². The second-order valence-corrected chi connectivity index (χ2v) is 4.46. The zero-order valence-electron chi connectivity index (χ0n) is 11.5. The average Bonchev–Trinajstić information content (AvgIpc) is 2.49. The lowest BCUT2D eigenvalue weighted by molar-refractivity contribution is -0.116. The molecule has 0 aliphatic heterocycles. The van der Waals surface area contributed by atoms with Gasteiger partial charge in [-0.25, -0.2) is 8.78 Å². The highest BCUT2D eigenvalue weighted by Crippen LogP contribution is 2.21. The first-order valence-corrected chi connectivity index (χ1v) is 6.47. The van der Waals surface area contributed by atoms with Crippen molar-refractivity contribution < 1.29 is 18.3 Å². The number of halogens is 2. The molecular formula is C16H15F2NO2. The van der Waals surface area contributed by atoms with Crippen LogP contribution in [0.3, 0.4) is 0 Å². The Morgan fingerprint density at radius 2 is 1.76 bits per heavy atom. The van der Waals surface area contributed by atoms with Gasteiger partial charge in [-0.15, -0.1) is 0 Å². The number of benzene rings is 2. The number of anilines is 1. The first kappa shape index (κ1) is 15.0. The van der Waals surface area contributed by atoms with Gasteiger partial charge in [-0.1, -0.05) is 24.3 Å². The summed E-state index contributed by atoms with van der Waals surface area (Å²) in [7, 11) is 1.55. The Bertz CT molecular complexity index is 624. The molecule has 110 valence electrons. The molecule has 0 unspecified atom stereocenters. The normalized spacial score (nSPS) is 10.2. The van der Waals surface area contributed by atoms with Gasteiger partial charge in [0.2, 0.25) is 5.91 Å². The Morgan fingerprint density at radius 3 is 2.43 bits per heavy atom. The van der Waals surface area contributed by atoms with Gasteiger partial charge in [0.05, 0.1) is 7.11 Å². The molecule has 0 atom stereocenters. The molecule has 0 radical (unpaired) electrons. The topological polar surface area (TPSA) is 38.3 Å². The monoisotopic (exact) mass is 291 g/mol. The molecule has 0 spiro atoms. The van der Waals surface area contributed by atoms with Crippen molar-refractivity contribution in [1.29, 1.82) is 0 Å². The minimum absolute atomic E-state index is 0.105. The molecule has 21 heavy (non-hydrogen) atoms. The number of amides is 1. The van der Waals surface area contributed by atoms with Gasteiger partial charge in [0.1, 0.15) is 23.1 Å². The molecule has 0 bridgehead atoms. The standard InChI is InChI=1S/C16H15F2NO2/c1-21-14-8-3-2-5-11(14)9-10-15(20)19-16-12(17)6-4-7-13(16)18/h2-8H,9-10H2,1H3,(H,19,20). The van der Waals surface area contributed by atoms with E-state index in [4.69, 9.17) is 4.74 Å². The molecule has 0 saturated heterocycles. The number of hydrogen-bond donors (Lipinski definition) is 1. The second-order valence-electron chi connectivity index (χ2n) is 4.46. The van der Waals surface area contributed by atoms with Gasteiger partial charge in [-0.2, -0.15) is 0 Å². The van der Waals surface area contributed by atoms with Crippen LogP contribution in [0.25, 0.3) is 0 Å². The van der Waals surface area contributed by atoms with Crippen LogP contribution in [0.15, 0.2) is 42.5 Å². The molecule has 1 N–H and O–H groups in total. The van der Waals surface area contributed by atoms with Gasteiger partial charge in [0.15, 0.2) is 0 Å². The van der Waals surface area contributed by atoms with Gasteiger partial charge in [-0.05, 0) is 30.2 Å². The van der Waals surface area contributed by atoms with Crippen LogP contribution in [0, 0.1) is 11.6 Å². The molecular weight excluding hydrogens is 276 g/mol. The summed E-state index contributed by atoms with van der Waals surface area (Å²) in [6.07, 6.45) is 0.528. The van der Waals surface area contributed by atoms with E-state index in [2.05, 4.69) is 5.32 Å². The summed E-state index contributed by atoms with van der Waals surface area (Å²) >= 11 is 0. The maximum Gasteiger partial charge on any atom is 0.224 e. The smallest absolute Gasteiger partial charge is 0.224 e. The summed E-state index contributed by atoms with van der Waals surface area (Å²) < 4.78 is 32.0. The zero-order valence-corrected chi connectivity index (χ0v) is 11.5. The summed E-state index contributed by atoms with van der Waals surface area (Å²) in [6.45, 7) is 0. The Balaban J connectivity index is 1.99. The fourth-order valence-corrected chi connectivity index (χ4v) is 1.98. The van der Waals surface area contributed by atoms with Crippen LogP contribution in [0.4, 0.5) is 14.5 Å². The lowest BCUT2D eigenvalue weighted by Gasteiger charge is -2.09. The molecule has 2 aromatic rings. The average molecular weight is 291 g/mol. The van der Waals surface area contributed by atoms with Crippen LogP contribution in [0.2, 0.25) is 0 Å². The van der Waals surface area contributed by atoms with Gasteiger partial charge < -0.3 is 10.1 Å². The summed E-state index contributed by atoms with van der Waals surface area (Å²) in [5.41, 5.74) is 0.451. The highest BCUT2D eigenvalue weighted by Gasteiger charge is 2.12. The third kappa shape index (κ3) is 3.78. The number of aryl methyl sites for hydroxylation is 1. The maximum absolute atomic E-state index is 13.4. The van der Waals surface area contributed by atoms with Crippen LogP contribution in [-0.4, -0.2) is 13.0 Å². The van der Waals surface area contributed by atoms with Gasteiger partial charge >= 0.3 is 0 Å². The predicted molar refractivity (Wildman–Crippen MR) is 76.3 cm³/mol. The quantitative estimate of drug-likeness (QED) is 0.915. The molecule has 0 saturated carbocycles. The molecule has 1 amide bonds. The Labute approximate surface area is 121 Å². The Kier molecular flexibility index (Phi) is 4.87. The molecule has 0 heterocycles. The van der Waals surface area contributed by atoms with Crippen molar-refractivity contribution in [3.63, 3.8) is 0 Å². The number of carbonyl (C=O) groups is 1. The predicted octanol–water partition coefficient (Wildman–Crippen LogP) is 3.54. The van der Waals surface area contributed by atoms with Crippen molar-refractivity contribution in [1.82, 2.24) is 0 Å². The summed E-state index contributed by atoms with van der Waals surface area (Å²) in [5, 5.41) is 2.26. The van der Waals surface area contributed by atoms with E-state index in [0.29, 0.717) is 12.2 Å². The van der Waals surface area contributed by atoms with E-state index < -0.39 is 23.2 Å². The van der Waals surface area contributed by atoms with E-state index in [9.17, 15) is 13.6 Å². The van der Waals surface area contributed by atoms with Crippen molar-refractivity contribution in [2.75, 3.05) is 12.4 Å². The van der Waals surface area contributed by atoms with E-state index >= 15 is 0 Å². The first-order chi connectivity index (χ1) is 10.1. The number of nitrogens with one attached hydrogen (secondary N) is 1. The van der Waals surface area contributed by atoms with Crippen LogP contribution in [0.5, 0.6) is 5.75 Å². The van der Waals surface area contributed by atoms with Gasteiger partial charge in [0, 0.05) is 6.42 Å². The molecule has 0 aromatic heterocycles. The van der Waals surface area contributed by atoms with Crippen molar-refractivity contribution in [3.05, 3.63) is 59.7 Å². The lowest BCUT2D eigenvalue weighted by atomic mass is 10.1. The number of para-hydroxylation sites is 2. The molecule has 3 nitrogen and oxygen atoms in total. The first-order valence-electron chi connectivity index (χ1n) is 6.47. The molecule has 2 rings (SSSR count). The fraction of sp³-hybridized carbons (Fsp3) is 0.188.